The van der Waals surface area contributed by atoms with Crippen LogP contribution in [0.4, 0.5) is 0 Å². The van der Waals surface area contributed by atoms with Crippen molar-refractivity contribution < 1.29 is 0 Å². The van der Waals surface area contributed by atoms with Gasteiger partial charge in [-0.3, -0.25) is 0 Å². The first-order valence-corrected chi connectivity index (χ1v) is 5.92. The van der Waals surface area contributed by atoms with Gasteiger partial charge in [-0.05, 0) is 11.1 Å². The van der Waals surface area contributed by atoms with Gasteiger partial charge in [0, 0.05) is 16.7 Å². The Hall–Kier alpha value is -1.47. The number of rotatable bonds is 2. The van der Waals surface area contributed by atoms with Crippen LogP contribution >= 0.6 is 12.2 Å². The molecule has 1 fully saturated rings. The van der Waals surface area contributed by atoms with Crippen LogP contribution in [0, 0.1) is 0 Å². The molecule has 78 valence electrons. The second-order valence-corrected chi connectivity index (χ2v) is 4.65. The topological polar surface area (TPSA) is 0 Å². The maximum absolute atomic E-state index is 5.46. The molecule has 1 heteroatoms. The summed E-state index contributed by atoms with van der Waals surface area (Å²) in [5.41, 5.74) is 2.70. The fourth-order valence-corrected chi connectivity index (χ4v) is 2.75. The molecule has 0 heterocycles. The predicted octanol–water partition coefficient (Wildman–Crippen LogP) is 3.94. The Bertz CT molecular complexity index is 454. The Morgan fingerprint density at radius 3 is 1.38 bits per heavy atom. The zero-order chi connectivity index (χ0) is 11.0. The number of hydrogen-bond donors (Lipinski definition) is 0. The molecule has 1 aliphatic carbocycles. The van der Waals surface area contributed by atoms with Gasteiger partial charge in [-0.2, -0.15) is 0 Å². The van der Waals surface area contributed by atoms with E-state index in [0.717, 1.165) is 0 Å². The molecule has 0 aliphatic heterocycles. The quantitative estimate of drug-likeness (QED) is 0.696. The molecular formula is C15H12S. The van der Waals surface area contributed by atoms with E-state index in [2.05, 4.69) is 48.5 Å². The largest absolute Gasteiger partial charge is 0.0883 e. The normalized spacial score (nSPS) is 23.1. The van der Waals surface area contributed by atoms with E-state index in [-0.39, 0.29) is 0 Å². The molecule has 0 saturated heterocycles. The van der Waals surface area contributed by atoms with Gasteiger partial charge in [0.2, 0.25) is 0 Å². The van der Waals surface area contributed by atoms with Gasteiger partial charge in [0.1, 0.15) is 0 Å². The zero-order valence-corrected chi connectivity index (χ0v) is 9.65. The highest BCUT2D eigenvalue weighted by molar-refractivity contribution is 7.81. The van der Waals surface area contributed by atoms with Gasteiger partial charge in [-0.1, -0.05) is 72.9 Å². The number of benzene rings is 2. The lowest BCUT2D eigenvalue weighted by molar-refractivity contribution is 1.03. The minimum atomic E-state index is 0.457. The van der Waals surface area contributed by atoms with Gasteiger partial charge < -0.3 is 0 Å². The van der Waals surface area contributed by atoms with Gasteiger partial charge in [0.25, 0.3) is 0 Å². The third-order valence-corrected chi connectivity index (χ3v) is 3.66. The maximum atomic E-state index is 5.46. The average molecular weight is 224 g/mol. The first-order valence-electron chi connectivity index (χ1n) is 5.51. The first kappa shape index (κ1) is 9.73. The smallest absolute Gasteiger partial charge is 0.0274 e. The van der Waals surface area contributed by atoms with Crippen molar-refractivity contribution in [1.82, 2.24) is 0 Å². The second kappa shape index (κ2) is 3.84. The number of thiocarbonyl (C=S) groups is 1. The van der Waals surface area contributed by atoms with Crippen LogP contribution in [-0.2, 0) is 0 Å². The minimum Gasteiger partial charge on any atom is -0.0883 e. The van der Waals surface area contributed by atoms with Crippen LogP contribution in [0.25, 0.3) is 0 Å². The van der Waals surface area contributed by atoms with Crippen molar-refractivity contribution >= 4 is 17.1 Å². The summed E-state index contributed by atoms with van der Waals surface area (Å²) in [6.07, 6.45) is 0. The van der Waals surface area contributed by atoms with Crippen molar-refractivity contribution in [2.75, 3.05) is 0 Å². The Labute approximate surface area is 101 Å². The van der Waals surface area contributed by atoms with Crippen LogP contribution in [0.15, 0.2) is 60.7 Å². The first-order chi connectivity index (χ1) is 7.88. The third-order valence-electron chi connectivity index (χ3n) is 3.15. The lowest BCUT2D eigenvalue weighted by Crippen LogP contribution is -1.82. The van der Waals surface area contributed by atoms with Gasteiger partial charge in [-0.15, -0.1) is 0 Å². The third kappa shape index (κ3) is 1.57. The molecule has 0 spiro atoms. The van der Waals surface area contributed by atoms with E-state index in [4.69, 9.17) is 12.2 Å². The molecular weight excluding hydrogens is 212 g/mol. The SMILES string of the molecule is S=C1C(c2ccccc2)C1c1ccccc1. The molecule has 2 aromatic carbocycles. The van der Waals surface area contributed by atoms with Crippen LogP contribution in [0.3, 0.4) is 0 Å². The Balaban J connectivity index is 1.90. The predicted molar refractivity (Wildman–Crippen MR) is 71.0 cm³/mol. The van der Waals surface area contributed by atoms with E-state index in [1.54, 1.807) is 0 Å². The number of hydrogen-bond acceptors (Lipinski definition) is 1. The van der Waals surface area contributed by atoms with Crippen LogP contribution in [0.2, 0.25) is 0 Å². The highest BCUT2D eigenvalue weighted by Crippen LogP contribution is 2.51. The van der Waals surface area contributed by atoms with Crippen molar-refractivity contribution in [1.29, 1.82) is 0 Å². The van der Waals surface area contributed by atoms with Gasteiger partial charge in [-0.25, -0.2) is 0 Å². The average Bonchev–Trinajstić information content (AvgIpc) is 3.03. The van der Waals surface area contributed by atoms with Crippen molar-refractivity contribution in [3.05, 3.63) is 71.8 Å². The Morgan fingerprint density at radius 2 is 1.00 bits per heavy atom. The lowest BCUT2D eigenvalue weighted by Gasteiger charge is -1.99. The summed E-state index contributed by atoms with van der Waals surface area (Å²) in [7, 11) is 0. The Kier molecular flexibility index (Phi) is 2.33. The summed E-state index contributed by atoms with van der Waals surface area (Å²) in [5, 5.41) is 0. The monoisotopic (exact) mass is 224 g/mol. The summed E-state index contributed by atoms with van der Waals surface area (Å²) in [5.74, 6) is 0.914. The molecule has 16 heavy (non-hydrogen) atoms. The molecule has 3 rings (SSSR count). The lowest BCUT2D eigenvalue weighted by atomic mass is 10.0. The standard InChI is InChI=1S/C15H12S/c16-15-13(11-7-3-1-4-8-11)14(15)12-9-5-2-6-10-12/h1-10,13-14H. The fourth-order valence-electron chi connectivity index (χ4n) is 2.27. The summed E-state index contributed by atoms with van der Waals surface area (Å²) >= 11 is 5.46. The maximum Gasteiger partial charge on any atom is 0.0274 e. The van der Waals surface area contributed by atoms with E-state index in [9.17, 15) is 0 Å². The summed E-state index contributed by atoms with van der Waals surface area (Å²) < 4.78 is 0. The van der Waals surface area contributed by atoms with E-state index in [1.165, 1.54) is 16.0 Å². The fraction of sp³-hybridized carbons (Fsp3) is 0.133. The molecule has 0 nitrogen and oxygen atoms in total. The molecule has 1 aliphatic rings. The van der Waals surface area contributed by atoms with Crippen LogP contribution in [0.1, 0.15) is 23.0 Å². The van der Waals surface area contributed by atoms with Crippen molar-refractivity contribution in [2.45, 2.75) is 11.8 Å². The van der Waals surface area contributed by atoms with E-state index >= 15 is 0 Å². The van der Waals surface area contributed by atoms with Gasteiger partial charge in [0.15, 0.2) is 0 Å². The van der Waals surface area contributed by atoms with Gasteiger partial charge >= 0.3 is 0 Å². The summed E-state index contributed by atoms with van der Waals surface area (Å²) in [4.78, 5) is 1.18. The highest BCUT2D eigenvalue weighted by Gasteiger charge is 2.46. The van der Waals surface area contributed by atoms with Gasteiger partial charge in [0.05, 0.1) is 0 Å². The molecule has 1 saturated carbocycles. The Morgan fingerprint density at radius 1 is 0.625 bits per heavy atom. The van der Waals surface area contributed by atoms with Crippen molar-refractivity contribution in [2.24, 2.45) is 0 Å². The van der Waals surface area contributed by atoms with Crippen LogP contribution < -0.4 is 0 Å². The summed E-state index contributed by atoms with van der Waals surface area (Å²) in [6.45, 7) is 0. The van der Waals surface area contributed by atoms with E-state index < -0.39 is 0 Å². The highest BCUT2D eigenvalue weighted by atomic mass is 32.1. The summed E-state index contributed by atoms with van der Waals surface area (Å²) in [6, 6.07) is 21.1. The second-order valence-electron chi connectivity index (χ2n) is 4.18. The zero-order valence-electron chi connectivity index (χ0n) is 8.84. The van der Waals surface area contributed by atoms with E-state index in [1.807, 2.05) is 12.1 Å². The molecule has 2 unspecified atom stereocenters. The van der Waals surface area contributed by atoms with Crippen molar-refractivity contribution in [3.8, 4) is 0 Å². The van der Waals surface area contributed by atoms with Crippen LogP contribution in [0.5, 0.6) is 0 Å². The van der Waals surface area contributed by atoms with Crippen molar-refractivity contribution in [3.63, 3.8) is 0 Å². The molecule has 2 atom stereocenters. The molecule has 0 amide bonds. The molecule has 0 aromatic heterocycles. The molecule has 0 radical (unpaired) electrons. The molecule has 2 aromatic rings. The minimum absolute atomic E-state index is 0.457. The van der Waals surface area contributed by atoms with E-state index in [0.29, 0.717) is 11.8 Å². The molecule has 0 bridgehead atoms. The molecule has 0 N–H and O–H groups in total. The van der Waals surface area contributed by atoms with Crippen LogP contribution in [-0.4, -0.2) is 4.86 Å².